The van der Waals surface area contributed by atoms with Crippen LogP contribution in [0.1, 0.15) is 47.0 Å². The van der Waals surface area contributed by atoms with Crippen molar-refractivity contribution in [3.8, 4) is 0 Å². The number of piperidine rings is 1. The minimum atomic E-state index is 0.623. The summed E-state index contributed by atoms with van der Waals surface area (Å²) < 4.78 is 0. The van der Waals surface area contributed by atoms with E-state index in [0.717, 1.165) is 57.8 Å². The van der Waals surface area contributed by atoms with E-state index in [4.69, 9.17) is 9.97 Å². The van der Waals surface area contributed by atoms with Crippen molar-refractivity contribution in [2.75, 3.05) is 24.5 Å². The van der Waals surface area contributed by atoms with Crippen LogP contribution >= 0.6 is 0 Å². The van der Waals surface area contributed by atoms with Gasteiger partial charge in [0.1, 0.15) is 11.6 Å². The van der Waals surface area contributed by atoms with Crippen LogP contribution in [-0.2, 0) is 19.5 Å². The minimum absolute atomic E-state index is 0.623. The smallest absolute Gasteiger partial charge is 0.137 e. The SMILES string of the molecule is Cc1nc2c(c(N3CCC(c4ccncc4)CC3)n1)CN(Cc1ccccc1)CC2. The van der Waals surface area contributed by atoms with Gasteiger partial charge in [0, 0.05) is 57.1 Å². The number of aromatic nitrogens is 3. The van der Waals surface area contributed by atoms with Crippen LogP contribution in [0.25, 0.3) is 0 Å². The molecule has 1 fully saturated rings. The number of hydrogen-bond donors (Lipinski definition) is 0. The van der Waals surface area contributed by atoms with Gasteiger partial charge in [-0.25, -0.2) is 9.97 Å². The topological polar surface area (TPSA) is 45.2 Å². The molecule has 3 aromatic rings. The molecule has 2 aliphatic heterocycles. The summed E-state index contributed by atoms with van der Waals surface area (Å²) in [6, 6.07) is 15.1. The average molecular weight is 400 g/mol. The van der Waals surface area contributed by atoms with Crippen LogP contribution < -0.4 is 4.90 Å². The van der Waals surface area contributed by atoms with Gasteiger partial charge in [0.05, 0.1) is 5.69 Å². The van der Waals surface area contributed by atoms with Gasteiger partial charge in [-0.1, -0.05) is 30.3 Å². The lowest BCUT2D eigenvalue weighted by Crippen LogP contribution is -2.37. The van der Waals surface area contributed by atoms with Crippen LogP contribution in [0.5, 0.6) is 0 Å². The number of aryl methyl sites for hydroxylation is 1. The number of rotatable bonds is 4. The van der Waals surface area contributed by atoms with Gasteiger partial charge in [0.25, 0.3) is 0 Å². The van der Waals surface area contributed by atoms with E-state index in [1.54, 1.807) is 0 Å². The first-order valence-corrected chi connectivity index (χ1v) is 11.0. The Labute approximate surface area is 178 Å². The van der Waals surface area contributed by atoms with Gasteiger partial charge >= 0.3 is 0 Å². The number of pyridine rings is 1. The van der Waals surface area contributed by atoms with Gasteiger partial charge in [0.2, 0.25) is 0 Å². The van der Waals surface area contributed by atoms with Gasteiger partial charge in [0.15, 0.2) is 0 Å². The molecule has 2 aromatic heterocycles. The Hall–Kier alpha value is -2.79. The zero-order valence-electron chi connectivity index (χ0n) is 17.7. The van der Waals surface area contributed by atoms with Gasteiger partial charge in [-0.3, -0.25) is 9.88 Å². The van der Waals surface area contributed by atoms with E-state index in [1.807, 2.05) is 19.3 Å². The minimum Gasteiger partial charge on any atom is -0.356 e. The summed E-state index contributed by atoms with van der Waals surface area (Å²) >= 11 is 0. The lowest BCUT2D eigenvalue weighted by atomic mass is 9.90. The molecule has 1 aromatic carbocycles. The molecule has 0 saturated carbocycles. The highest BCUT2D eigenvalue weighted by atomic mass is 15.2. The molecule has 4 heterocycles. The number of anilines is 1. The van der Waals surface area contributed by atoms with E-state index in [9.17, 15) is 0 Å². The third kappa shape index (κ3) is 4.08. The summed E-state index contributed by atoms with van der Waals surface area (Å²) in [5, 5.41) is 0. The molecule has 5 nitrogen and oxygen atoms in total. The van der Waals surface area contributed by atoms with Crippen molar-refractivity contribution in [1.29, 1.82) is 0 Å². The number of benzene rings is 1. The largest absolute Gasteiger partial charge is 0.356 e. The second-order valence-corrected chi connectivity index (χ2v) is 8.51. The zero-order chi connectivity index (χ0) is 20.3. The molecule has 0 radical (unpaired) electrons. The Balaban J connectivity index is 1.33. The first-order valence-electron chi connectivity index (χ1n) is 11.0. The van der Waals surface area contributed by atoms with Gasteiger partial charge in [-0.05, 0) is 48.9 Å². The number of fused-ring (bicyclic) bond motifs is 1. The fraction of sp³-hybridized carbons (Fsp3) is 0.400. The highest BCUT2D eigenvalue weighted by Crippen LogP contribution is 2.33. The van der Waals surface area contributed by atoms with Crippen molar-refractivity contribution in [1.82, 2.24) is 19.9 Å². The predicted molar refractivity (Wildman–Crippen MR) is 119 cm³/mol. The first kappa shape index (κ1) is 19.2. The van der Waals surface area contributed by atoms with Crippen molar-refractivity contribution in [2.45, 2.75) is 45.2 Å². The summed E-state index contributed by atoms with van der Waals surface area (Å²) in [4.78, 5) is 18.9. The van der Waals surface area contributed by atoms with Crippen molar-refractivity contribution < 1.29 is 0 Å². The van der Waals surface area contributed by atoms with Crippen LogP contribution in [0.2, 0.25) is 0 Å². The summed E-state index contributed by atoms with van der Waals surface area (Å²) in [6.45, 7) is 7.11. The highest BCUT2D eigenvalue weighted by Gasteiger charge is 2.27. The number of nitrogens with zero attached hydrogens (tertiary/aromatic N) is 5. The molecule has 0 unspecified atom stereocenters. The van der Waals surface area contributed by atoms with E-state index in [-0.39, 0.29) is 0 Å². The molecule has 0 N–H and O–H groups in total. The monoisotopic (exact) mass is 399 g/mol. The lowest BCUT2D eigenvalue weighted by Gasteiger charge is -2.36. The third-order valence-electron chi connectivity index (χ3n) is 6.45. The van der Waals surface area contributed by atoms with Crippen LogP contribution in [-0.4, -0.2) is 39.5 Å². The molecule has 5 rings (SSSR count). The zero-order valence-corrected chi connectivity index (χ0v) is 17.7. The molecule has 1 saturated heterocycles. The Morgan fingerprint density at radius 3 is 2.47 bits per heavy atom. The Bertz CT molecular complexity index is 981. The summed E-state index contributed by atoms with van der Waals surface area (Å²) in [5.74, 6) is 2.69. The van der Waals surface area contributed by atoms with Crippen molar-refractivity contribution in [2.24, 2.45) is 0 Å². The van der Waals surface area contributed by atoms with E-state index in [0.29, 0.717) is 5.92 Å². The summed E-state index contributed by atoms with van der Waals surface area (Å²) in [6.07, 6.45) is 7.15. The maximum atomic E-state index is 4.93. The van der Waals surface area contributed by atoms with Crippen molar-refractivity contribution in [3.63, 3.8) is 0 Å². The second kappa shape index (κ2) is 8.52. The molecule has 0 atom stereocenters. The molecular formula is C25H29N5. The Kier molecular flexibility index (Phi) is 5.45. The molecule has 30 heavy (non-hydrogen) atoms. The molecule has 0 amide bonds. The van der Waals surface area contributed by atoms with Gasteiger partial charge in [-0.2, -0.15) is 0 Å². The highest BCUT2D eigenvalue weighted by molar-refractivity contribution is 5.51. The quantitative estimate of drug-likeness (QED) is 0.660. The molecule has 154 valence electrons. The lowest BCUT2D eigenvalue weighted by molar-refractivity contribution is 0.242. The van der Waals surface area contributed by atoms with Crippen LogP contribution in [0.3, 0.4) is 0 Å². The average Bonchev–Trinajstić information content (AvgIpc) is 2.80. The van der Waals surface area contributed by atoms with Gasteiger partial charge < -0.3 is 4.90 Å². The van der Waals surface area contributed by atoms with Crippen molar-refractivity contribution in [3.05, 3.63) is 83.1 Å². The molecule has 5 heteroatoms. The van der Waals surface area contributed by atoms with Gasteiger partial charge in [-0.15, -0.1) is 0 Å². The standard InChI is InChI=1S/C25H29N5/c1-19-27-24-11-14-29(17-20-5-3-2-4-6-20)18-23(24)25(28-19)30-15-9-22(10-16-30)21-7-12-26-13-8-21/h2-8,12-13,22H,9-11,14-18H2,1H3. The van der Waals surface area contributed by atoms with E-state index < -0.39 is 0 Å². The molecule has 0 aliphatic carbocycles. The van der Waals surface area contributed by atoms with E-state index in [1.165, 1.54) is 28.2 Å². The first-order chi connectivity index (χ1) is 14.8. The number of hydrogen-bond acceptors (Lipinski definition) is 5. The van der Waals surface area contributed by atoms with E-state index in [2.05, 4.69) is 57.2 Å². The Morgan fingerprint density at radius 2 is 1.70 bits per heavy atom. The Morgan fingerprint density at radius 1 is 0.933 bits per heavy atom. The van der Waals surface area contributed by atoms with E-state index >= 15 is 0 Å². The molecule has 0 bridgehead atoms. The predicted octanol–water partition coefficient (Wildman–Crippen LogP) is 4.12. The van der Waals surface area contributed by atoms with Crippen molar-refractivity contribution >= 4 is 5.82 Å². The fourth-order valence-electron chi connectivity index (χ4n) is 4.87. The van der Waals surface area contributed by atoms with Crippen LogP contribution in [0, 0.1) is 6.92 Å². The maximum Gasteiger partial charge on any atom is 0.137 e. The maximum absolute atomic E-state index is 4.93. The molecule has 2 aliphatic rings. The fourth-order valence-corrected chi connectivity index (χ4v) is 4.87. The van der Waals surface area contributed by atoms with Crippen LogP contribution in [0.15, 0.2) is 54.9 Å². The third-order valence-corrected chi connectivity index (χ3v) is 6.45. The summed E-state index contributed by atoms with van der Waals surface area (Å²) in [5.41, 5.74) is 5.37. The van der Waals surface area contributed by atoms with Crippen LogP contribution in [0.4, 0.5) is 5.82 Å². The summed E-state index contributed by atoms with van der Waals surface area (Å²) in [7, 11) is 0. The second-order valence-electron chi connectivity index (χ2n) is 8.51. The normalized spacial score (nSPS) is 17.7. The molecule has 0 spiro atoms. The molecular weight excluding hydrogens is 370 g/mol.